The van der Waals surface area contributed by atoms with Gasteiger partial charge in [-0.3, -0.25) is 9.78 Å². The van der Waals surface area contributed by atoms with Crippen molar-refractivity contribution in [2.75, 3.05) is 32.6 Å². The number of nitrogens with one attached hydrogen (secondary N) is 1. The molecule has 0 atom stereocenters. The molecule has 0 unspecified atom stereocenters. The third-order valence-corrected chi connectivity index (χ3v) is 4.24. The number of hydrogen-bond acceptors (Lipinski definition) is 4. The molecule has 1 heterocycles. The molecule has 0 radical (unpaired) electrons. The number of alkyl halides is 3. The quantitative estimate of drug-likeness (QED) is 0.661. The molecular formula is C21H20F3N3O2. The van der Waals surface area contributed by atoms with Crippen molar-refractivity contribution in [2.45, 2.75) is 6.18 Å². The number of pyridine rings is 1. The standard InChI is InChI=1S/C21H20F3N3O2/c1-27(2)11-12-29-14-8-9-15(17(13-14)21(22,23)24)20(28)26-19-7-3-6-18-16(19)5-4-10-25-18/h3-10,13H,11-12H2,1-2H3,(H,26,28). The third kappa shape index (κ3) is 5.03. The highest BCUT2D eigenvalue weighted by atomic mass is 19.4. The van der Waals surface area contributed by atoms with Crippen LogP contribution in [0, 0.1) is 0 Å². The van der Waals surface area contributed by atoms with Gasteiger partial charge in [-0.05, 0) is 56.6 Å². The number of ether oxygens (including phenoxy) is 1. The normalized spacial score (nSPS) is 11.7. The molecule has 2 aromatic carbocycles. The number of hydrogen-bond donors (Lipinski definition) is 1. The zero-order chi connectivity index (χ0) is 21.0. The van der Waals surface area contributed by atoms with Gasteiger partial charge < -0.3 is 15.0 Å². The number of carbonyl (C=O) groups is 1. The second-order valence-corrected chi connectivity index (χ2v) is 6.69. The van der Waals surface area contributed by atoms with Gasteiger partial charge in [0.25, 0.3) is 5.91 Å². The molecule has 5 nitrogen and oxygen atoms in total. The molecule has 0 saturated carbocycles. The molecule has 0 aliphatic rings. The molecule has 0 saturated heterocycles. The Morgan fingerprint density at radius 3 is 2.66 bits per heavy atom. The van der Waals surface area contributed by atoms with Crippen LogP contribution < -0.4 is 10.1 Å². The number of rotatable bonds is 6. The topological polar surface area (TPSA) is 54.5 Å². The number of amides is 1. The Kier molecular flexibility index (Phi) is 6.03. The fourth-order valence-electron chi connectivity index (χ4n) is 2.79. The van der Waals surface area contributed by atoms with Gasteiger partial charge in [0.1, 0.15) is 12.4 Å². The third-order valence-electron chi connectivity index (χ3n) is 4.24. The summed E-state index contributed by atoms with van der Waals surface area (Å²) in [5, 5.41) is 3.20. The average molecular weight is 403 g/mol. The number of nitrogens with zero attached hydrogens (tertiary/aromatic N) is 2. The van der Waals surface area contributed by atoms with E-state index >= 15 is 0 Å². The van der Waals surface area contributed by atoms with Crippen molar-refractivity contribution in [3.63, 3.8) is 0 Å². The lowest BCUT2D eigenvalue weighted by Gasteiger charge is -2.16. The van der Waals surface area contributed by atoms with Gasteiger partial charge in [-0.2, -0.15) is 13.2 Å². The Hall–Kier alpha value is -3.13. The van der Waals surface area contributed by atoms with Crippen LogP contribution in [0.2, 0.25) is 0 Å². The van der Waals surface area contributed by atoms with Crippen molar-refractivity contribution < 1.29 is 22.7 Å². The van der Waals surface area contributed by atoms with Crippen LogP contribution in [-0.4, -0.2) is 43.0 Å². The fraction of sp³-hybridized carbons (Fsp3) is 0.238. The zero-order valence-electron chi connectivity index (χ0n) is 16.0. The Labute approximate surface area is 166 Å². The number of likely N-dealkylation sites (N-methyl/N-ethyl adjacent to an activating group) is 1. The van der Waals surface area contributed by atoms with E-state index in [0.717, 1.165) is 12.1 Å². The van der Waals surface area contributed by atoms with Gasteiger partial charge in [-0.15, -0.1) is 0 Å². The molecule has 152 valence electrons. The van der Waals surface area contributed by atoms with Crippen LogP contribution in [0.5, 0.6) is 5.75 Å². The SMILES string of the molecule is CN(C)CCOc1ccc(C(=O)Nc2cccc3ncccc23)c(C(F)(F)F)c1. The molecule has 3 aromatic rings. The van der Waals surface area contributed by atoms with Crippen molar-refractivity contribution in [3.8, 4) is 5.75 Å². The molecule has 0 spiro atoms. The minimum atomic E-state index is -4.70. The summed E-state index contributed by atoms with van der Waals surface area (Å²) < 4.78 is 46.1. The lowest BCUT2D eigenvalue weighted by atomic mass is 10.1. The van der Waals surface area contributed by atoms with Crippen molar-refractivity contribution in [3.05, 3.63) is 65.9 Å². The van der Waals surface area contributed by atoms with Crippen molar-refractivity contribution >= 4 is 22.5 Å². The van der Waals surface area contributed by atoms with E-state index in [2.05, 4.69) is 10.3 Å². The maximum atomic E-state index is 13.6. The van der Waals surface area contributed by atoms with E-state index in [1.54, 1.807) is 36.5 Å². The summed E-state index contributed by atoms with van der Waals surface area (Å²) in [6, 6.07) is 11.8. The van der Waals surface area contributed by atoms with E-state index < -0.39 is 23.2 Å². The summed E-state index contributed by atoms with van der Waals surface area (Å²) in [6.45, 7) is 0.789. The molecule has 29 heavy (non-hydrogen) atoms. The van der Waals surface area contributed by atoms with E-state index in [4.69, 9.17) is 4.74 Å². The molecule has 3 rings (SSSR count). The van der Waals surface area contributed by atoms with Crippen LogP contribution in [0.1, 0.15) is 15.9 Å². The van der Waals surface area contributed by atoms with Gasteiger partial charge in [-0.25, -0.2) is 0 Å². The van der Waals surface area contributed by atoms with Gasteiger partial charge in [0.15, 0.2) is 0 Å². The van der Waals surface area contributed by atoms with Crippen LogP contribution in [0.25, 0.3) is 10.9 Å². The molecular weight excluding hydrogens is 383 g/mol. The number of anilines is 1. The fourth-order valence-corrected chi connectivity index (χ4v) is 2.79. The van der Waals surface area contributed by atoms with Crippen LogP contribution in [0.4, 0.5) is 18.9 Å². The predicted octanol–water partition coefficient (Wildman–Crippen LogP) is 4.45. The van der Waals surface area contributed by atoms with Crippen LogP contribution >= 0.6 is 0 Å². The summed E-state index contributed by atoms with van der Waals surface area (Å²) in [4.78, 5) is 18.7. The van der Waals surface area contributed by atoms with E-state index in [1.165, 1.54) is 6.07 Å². The highest BCUT2D eigenvalue weighted by Gasteiger charge is 2.36. The first-order valence-electron chi connectivity index (χ1n) is 8.89. The zero-order valence-corrected chi connectivity index (χ0v) is 16.0. The molecule has 1 amide bonds. The van der Waals surface area contributed by atoms with E-state index in [0.29, 0.717) is 23.1 Å². The molecule has 1 N–H and O–H groups in total. The first-order valence-corrected chi connectivity index (χ1v) is 8.89. The summed E-state index contributed by atoms with van der Waals surface area (Å²) in [5.74, 6) is -0.793. The monoisotopic (exact) mass is 403 g/mol. The van der Waals surface area contributed by atoms with E-state index in [9.17, 15) is 18.0 Å². The molecule has 0 aliphatic heterocycles. The summed E-state index contributed by atoms with van der Waals surface area (Å²) in [7, 11) is 3.67. The lowest BCUT2D eigenvalue weighted by Crippen LogP contribution is -2.21. The summed E-state index contributed by atoms with van der Waals surface area (Å²) >= 11 is 0. The number of carbonyl (C=O) groups excluding carboxylic acids is 1. The first kappa shape index (κ1) is 20.6. The Balaban J connectivity index is 1.89. The van der Waals surface area contributed by atoms with Crippen molar-refractivity contribution in [1.82, 2.24) is 9.88 Å². The van der Waals surface area contributed by atoms with Gasteiger partial charge in [0, 0.05) is 18.1 Å². The smallest absolute Gasteiger partial charge is 0.417 e. The highest BCUT2D eigenvalue weighted by molar-refractivity contribution is 6.09. The van der Waals surface area contributed by atoms with E-state index in [-0.39, 0.29) is 12.4 Å². The number of fused-ring (bicyclic) bond motifs is 1. The van der Waals surface area contributed by atoms with Crippen LogP contribution in [0.3, 0.4) is 0 Å². The molecule has 0 aliphatic carbocycles. The predicted molar refractivity (Wildman–Crippen MR) is 105 cm³/mol. The van der Waals surface area contributed by atoms with Crippen LogP contribution in [-0.2, 0) is 6.18 Å². The van der Waals surface area contributed by atoms with Gasteiger partial charge in [0.2, 0.25) is 0 Å². The summed E-state index contributed by atoms with van der Waals surface area (Å²) in [5.41, 5.74) is -0.500. The average Bonchev–Trinajstić information content (AvgIpc) is 2.67. The minimum absolute atomic E-state index is 0.0603. The largest absolute Gasteiger partial charge is 0.492 e. The lowest BCUT2D eigenvalue weighted by molar-refractivity contribution is -0.138. The highest BCUT2D eigenvalue weighted by Crippen LogP contribution is 2.35. The van der Waals surface area contributed by atoms with Crippen molar-refractivity contribution in [2.24, 2.45) is 0 Å². The maximum absolute atomic E-state index is 13.6. The van der Waals surface area contributed by atoms with Gasteiger partial charge >= 0.3 is 6.18 Å². The Morgan fingerprint density at radius 1 is 1.14 bits per heavy atom. The number of benzene rings is 2. The molecule has 1 aromatic heterocycles. The second-order valence-electron chi connectivity index (χ2n) is 6.69. The van der Waals surface area contributed by atoms with Crippen LogP contribution in [0.15, 0.2) is 54.7 Å². The first-order chi connectivity index (χ1) is 13.8. The number of aromatic nitrogens is 1. The Morgan fingerprint density at radius 2 is 1.93 bits per heavy atom. The Bertz CT molecular complexity index is 1010. The maximum Gasteiger partial charge on any atom is 0.417 e. The minimum Gasteiger partial charge on any atom is -0.492 e. The van der Waals surface area contributed by atoms with Gasteiger partial charge in [0.05, 0.1) is 22.3 Å². The molecule has 0 bridgehead atoms. The van der Waals surface area contributed by atoms with Gasteiger partial charge in [-0.1, -0.05) is 6.07 Å². The number of halogens is 3. The molecule has 0 fully saturated rings. The van der Waals surface area contributed by atoms with Crippen molar-refractivity contribution in [1.29, 1.82) is 0 Å². The summed E-state index contributed by atoms with van der Waals surface area (Å²) in [6.07, 6.45) is -3.10. The molecule has 8 heteroatoms. The second kappa shape index (κ2) is 8.48. The van der Waals surface area contributed by atoms with E-state index in [1.807, 2.05) is 19.0 Å².